The maximum Gasteiger partial charge on any atom is 0.321 e. The number of carbonyl (C=O) groups is 1. The lowest BCUT2D eigenvalue weighted by atomic mass is 9.86. The highest BCUT2D eigenvalue weighted by Gasteiger charge is 2.20. The van der Waals surface area contributed by atoms with Gasteiger partial charge in [0.2, 0.25) is 0 Å². The van der Waals surface area contributed by atoms with Crippen molar-refractivity contribution < 1.29 is 9.90 Å². The number of carboxylic acid groups (broad SMARTS) is 1. The minimum absolute atomic E-state index is 0.0767. The summed E-state index contributed by atoms with van der Waals surface area (Å²) in [4.78, 5) is 11.1. The van der Waals surface area contributed by atoms with Gasteiger partial charge in [-0.05, 0) is 16.5 Å². The molecule has 92 valence electrons. The normalized spacial score (nSPS) is 13.2. The van der Waals surface area contributed by atoms with Gasteiger partial charge in [-0.25, -0.2) is 0 Å². The van der Waals surface area contributed by atoms with Crippen LogP contribution in [0.15, 0.2) is 24.3 Å². The summed E-state index contributed by atoms with van der Waals surface area (Å²) >= 11 is 9.07. The average molecular weight is 268 g/mol. The third-order valence-corrected chi connectivity index (χ3v) is 3.64. The maximum atomic E-state index is 10.8. The first-order chi connectivity index (χ1) is 7.73. The number of hydrogen-bond acceptors (Lipinski definition) is 3. The predicted octanol–water partition coefficient (Wildman–Crippen LogP) is 3.09. The minimum atomic E-state index is -1.02. The summed E-state index contributed by atoms with van der Waals surface area (Å²) in [5, 5.41) is 7.91. The van der Waals surface area contributed by atoms with E-state index in [9.17, 15) is 4.79 Å². The Kier molecular flexibility index (Phi) is 4.33. The molecule has 1 aromatic rings. The second kappa shape index (κ2) is 5.19. The Labute approximate surface area is 112 Å². The van der Waals surface area contributed by atoms with E-state index in [1.165, 1.54) is 5.56 Å². The Balaban J connectivity index is 2.96. The van der Waals surface area contributed by atoms with Crippen molar-refractivity contribution in [3.63, 3.8) is 0 Å². The van der Waals surface area contributed by atoms with E-state index in [0.29, 0.717) is 4.86 Å². The van der Waals surface area contributed by atoms with Crippen molar-refractivity contribution in [2.75, 3.05) is 0 Å². The number of hydrogen-bond donors (Lipinski definition) is 2. The molecular weight excluding hydrogens is 252 g/mol. The molecule has 0 aromatic heterocycles. The van der Waals surface area contributed by atoms with Gasteiger partial charge in [-0.3, -0.25) is 4.79 Å². The highest BCUT2D eigenvalue weighted by atomic mass is 32.1. The van der Waals surface area contributed by atoms with Crippen molar-refractivity contribution in [3.05, 3.63) is 35.4 Å². The third-order valence-electron chi connectivity index (χ3n) is 2.52. The second-order valence-electron chi connectivity index (χ2n) is 4.93. The molecule has 0 saturated heterocycles. The monoisotopic (exact) mass is 268 g/mol. The van der Waals surface area contributed by atoms with Crippen molar-refractivity contribution >= 4 is 35.7 Å². The molecule has 17 heavy (non-hydrogen) atoms. The van der Waals surface area contributed by atoms with Crippen molar-refractivity contribution in [2.24, 2.45) is 0 Å². The number of benzene rings is 1. The highest BCUT2D eigenvalue weighted by Crippen LogP contribution is 2.23. The van der Waals surface area contributed by atoms with Crippen LogP contribution in [0, 0.1) is 0 Å². The predicted molar refractivity (Wildman–Crippen MR) is 77.3 cm³/mol. The van der Waals surface area contributed by atoms with Gasteiger partial charge < -0.3 is 5.11 Å². The summed E-state index contributed by atoms with van der Waals surface area (Å²) in [6.45, 7) is 6.37. The molecule has 0 aliphatic rings. The molecule has 1 rings (SSSR count). The summed E-state index contributed by atoms with van der Waals surface area (Å²) in [5.41, 5.74) is 2.01. The Bertz CT molecular complexity index is 430. The van der Waals surface area contributed by atoms with Gasteiger partial charge in [-0.15, -0.1) is 0 Å². The quantitative estimate of drug-likeness (QED) is 0.502. The van der Waals surface area contributed by atoms with Crippen molar-refractivity contribution in [3.8, 4) is 0 Å². The van der Waals surface area contributed by atoms with E-state index in [0.717, 1.165) is 5.56 Å². The topological polar surface area (TPSA) is 37.3 Å². The van der Waals surface area contributed by atoms with Gasteiger partial charge in [0.15, 0.2) is 0 Å². The number of aliphatic carboxylic acids is 1. The Hall–Kier alpha value is -0.870. The summed E-state index contributed by atoms with van der Waals surface area (Å²) in [7, 11) is 0. The van der Waals surface area contributed by atoms with E-state index in [1.54, 1.807) is 0 Å². The minimum Gasteiger partial charge on any atom is -0.480 e. The number of thiocarbonyl (C=S) groups is 1. The van der Waals surface area contributed by atoms with Crippen LogP contribution >= 0.6 is 24.8 Å². The molecule has 0 fully saturated rings. The van der Waals surface area contributed by atoms with Gasteiger partial charge in [0, 0.05) is 4.86 Å². The number of carboxylic acids is 1. The van der Waals surface area contributed by atoms with Crippen LogP contribution in [-0.2, 0) is 10.2 Å². The van der Waals surface area contributed by atoms with E-state index >= 15 is 0 Å². The molecule has 0 spiro atoms. The molecule has 1 aromatic carbocycles. The van der Waals surface area contributed by atoms with E-state index in [4.69, 9.17) is 17.3 Å². The average Bonchev–Trinajstić information content (AvgIpc) is 2.26. The maximum absolute atomic E-state index is 10.8. The van der Waals surface area contributed by atoms with Gasteiger partial charge in [-0.1, -0.05) is 57.3 Å². The molecule has 2 nitrogen and oxygen atoms in total. The van der Waals surface area contributed by atoms with Crippen LogP contribution in [0.5, 0.6) is 0 Å². The van der Waals surface area contributed by atoms with Gasteiger partial charge in [0.1, 0.15) is 5.25 Å². The Morgan fingerprint density at radius 3 is 2.12 bits per heavy atom. The molecule has 0 amide bonds. The molecule has 0 heterocycles. The number of rotatable bonds is 3. The van der Waals surface area contributed by atoms with Gasteiger partial charge in [-0.2, -0.15) is 12.6 Å². The Morgan fingerprint density at radius 1 is 1.29 bits per heavy atom. The molecule has 0 radical (unpaired) electrons. The second-order valence-corrected chi connectivity index (χ2v) is 5.89. The summed E-state index contributed by atoms with van der Waals surface area (Å²) in [5.74, 6) is -1.02. The van der Waals surface area contributed by atoms with E-state index in [2.05, 4.69) is 33.4 Å². The first-order valence-corrected chi connectivity index (χ1v) is 6.21. The summed E-state index contributed by atoms with van der Waals surface area (Å²) in [6.07, 6.45) is 0. The lowest BCUT2D eigenvalue weighted by Crippen LogP contribution is -2.23. The fourth-order valence-electron chi connectivity index (χ4n) is 1.40. The molecule has 4 heteroatoms. The molecule has 0 aliphatic heterocycles. The zero-order valence-corrected chi connectivity index (χ0v) is 11.8. The number of thiol groups is 1. The van der Waals surface area contributed by atoms with E-state index in [1.807, 2.05) is 24.3 Å². The van der Waals surface area contributed by atoms with Gasteiger partial charge in [0.25, 0.3) is 0 Å². The summed E-state index contributed by atoms with van der Waals surface area (Å²) < 4.78 is 0. The first-order valence-electron chi connectivity index (χ1n) is 5.29. The smallest absolute Gasteiger partial charge is 0.321 e. The van der Waals surface area contributed by atoms with Crippen molar-refractivity contribution in [1.29, 1.82) is 0 Å². The van der Waals surface area contributed by atoms with Crippen molar-refractivity contribution in [2.45, 2.75) is 31.4 Å². The SMILES string of the molecule is CC(C)(C)c1ccc(C(=S)C(S)C(=O)O)cc1. The lowest BCUT2D eigenvalue weighted by Gasteiger charge is -2.19. The molecule has 1 N–H and O–H groups in total. The standard InChI is InChI=1S/C13H16O2S2/c1-13(2,3)9-6-4-8(5-7-9)10(16)11(17)12(14)15/h4-7,11,17H,1-3H3,(H,14,15). The van der Waals surface area contributed by atoms with Crippen LogP contribution in [0.1, 0.15) is 31.9 Å². The highest BCUT2D eigenvalue weighted by molar-refractivity contribution is 7.87. The molecule has 1 atom stereocenters. The van der Waals surface area contributed by atoms with E-state index in [-0.39, 0.29) is 5.41 Å². The van der Waals surface area contributed by atoms with Crippen molar-refractivity contribution in [1.82, 2.24) is 0 Å². The summed E-state index contributed by atoms with van der Waals surface area (Å²) in [6, 6.07) is 7.66. The van der Waals surface area contributed by atoms with Crippen LogP contribution in [0.25, 0.3) is 0 Å². The molecule has 0 bridgehead atoms. The third kappa shape index (κ3) is 3.54. The van der Waals surface area contributed by atoms with E-state index < -0.39 is 11.2 Å². The zero-order valence-electron chi connectivity index (χ0n) is 10.1. The molecule has 1 unspecified atom stereocenters. The Morgan fingerprint density at radius 2 is 1.76 bits per heavy atom. The largest absolute Gasteiger partial charge is 0.480 e. The fourth-order valence-corrected chi connectivity index (χ4v) is 1.79. The van der Waals surface area contributed by atoms with Crippen LogP contribution in [-0.4, -0.2) is 21.2 Å². The fraction of sp³-hybridized carbons (Fsp3) is 0.385. The first kappa shape index (κ1) is 14.2. The van der Waals surface area contributed by atoms with Gasteiger partial charge >= 0.3 is 5.97 Å². The van der Waals surface area contributed by atoms with Crippen LogP contribution in [0.4, 0.5) is 0 Å². The van der Waals surface area contributed by atoms with Crippen LogP contribution < -0.4 is 0 Å². The zero-order chi connectivity index (χ0) is 13.2. The molecule has 0 saturated carbocycles. The van der Waals surface area contributed by atoms with Crippen LogP contribution in [0.3, 0.4) is 0 Å². The molecule has 0 aliphatic carbocycles. The van der Waals surface area contributed by atoms with Crippen LogP contribution in [0.2, 0.25) is 0 Å². The molecular formula is C13H16O2S2. The lowest BCUT2D eigenvalue weighted by molar-refractivity contribution is -0.135. The van der Waals surface area contributed by atoms with Gasteiger partial charge in [0.05, 0.1) is 0 Å².